The smallest absolute Gasteiger partial charge is 0.343 e. The number of rotatable bonds is 5. The van der Waals surface area contributed by atoms with E-state index in [0.717, 1.165) is 17.5 Å². The predicted molar refractivity (Wildman–Crippen MR) is 103 cm³/mol. The van der Waals surface area contributed by atoms with Crippen molar-refractivity contribution in [2.75, 3.05) is 0 Å². The van der Waals surface area contributed by atoms with Crippen LogP contribution in [0.3, 0.4) is 0 Å². The van der Waals surface area contributed by atoms with Gasteiger partial charge in [-0.3, -0.25) is 0 Å². The third-order valence-electron chi connectivity index (χ3n) is 4.13. The zero-order valence-corrected chi connectivity index (χ0v) is 15.3. The Kier molecular flexibility index (Phi) is 5.67. The van der Waals surface area contributed by atoms with Crippen LogP contribution < -0.4 is 9.47 Å². The summed E-state index contributed by atoms with van der Waals surface area (Å²) in [6.45, 7) is 4.02. The van der Waals surface area contributed by atoms with Crippen molar-refractivity contribution < 1.29 is 19.1 Å². The van der Waals surface area contributed by atoms with Crippen molar-refractivity contribution in [3.8, 4) is 11.5 Å². The first-order valence-electron chi connectivity index (χ1n) is 8.75. The normalized spacial score (nSPS) is 10.3. The van der Waals surface area contributed by atoms with Crippen LogP contribution in [0, 0.1) is 6.92 Å². The van der Waals surface area contributed by atoms with E-state index in [1.165, 1.54) is 0 Å². The van der Waals surface area contributed by atoms with Gasteiger partial charge in [-0.1, -0.05) is 36.8 Å². The molecule has 0 bridgehead atoms. The molecule has 0 spiro atoms. The minimum Gasteiger partial charge on any atom is -0.423 e. The SMILES string of the molecule is CCc1ccc(C(=O)Oc2ccc(C(=O)Oc3ccc(C)cc3)cc2)cc1. The number of carbonyl (C=O) groups is 2. The Morgan fingerprint density at radius 3 is 1.52 bits per heavy atom. The van der Waals surface area contributed by atoms with E-state index in [0.29, 0.717) is 22.6 Å². The lowest BCUT2D eigenvalue weighted by Crippen LogP contribution is -2.10. The van der Waals surface area contributed by atoms with Gasteiger partial charge in [0.1, 0.15) is 11.5 Å². The molecule has 136 valence electrons. The van der Waals surface area contributed by atoms with Crippen LogP contribution in [-0.2, 0) is 6.42 Å². The second-order valence-electron chi connectivity index (χ2n) is 6.17. The molecule has 0 aliphatic carbocycles. The molecule has 0 unspecified atom stereocenters. The fraction of sp³-hybridized carbons (Fsp3) is 0.130. The van der Waals surface area contributed by atoms with Gasteiger partial charge in [0.05, 0.1) is 11.1 Å². The van der Waals surface area contributed by atoms with Crippen LogP contribution >= 0.6 is 0 Å². The lowest BCUT2D eigenvalue weighted by atomic mass is 10.1. The summed E-state index contributed by atoms with van der Waals surface area (Å²) in [6.07, 6.45) is 0.912. The number of ether oxygens (including phenoxy) is 2. The highest BCUT2D eigenvalue weighted by atomic mass is 16.5. The highest BCUT2D eigenvalue weighted by molar-refractivity contribution is 5.92. The summed E-state index contributed by atoms with van der Waals surface area (Å²) in [7, 11) is 0. The van der Waals surface area contributed by atoms with Gasteiger partial charge in [0.25, 0.3) is 0 Å². The molecule has 3 aromatic carbocycles. The first-order valence-corrected chi connectivity index (χ1v) is 8.75. The first kappa shape index (κ1) is 18.4. The summed E-state index contributed by atoms with van der Waals surface area (Å²) in [6, 6.07) is 20.8. The lowest BCUT2D eigenvalue weighted by Gasteiger charge is -2.07. The second-order valence-corrected chi connectivity index (χ2v) is 6.17. The van der Waals surface area contributed by atoms with Crippen LogP contribution in [0.2, 0.25) is 0 Å². The van der Waals surface area contributed by atoms with Crippen molar-refractivity contribution in [2.45, 2.75) is 20.3 Å². The minimum atomic E-state index is -0.466. The monoisotopic (exact) mass is 360 g/mol. The summed E-state index contributed by atoms with van der Waals surface area (Å²) in [5.41, 5.74) is 3.10. The number of esters is 2. The fourth-order valence-electron chi connectivity index (χ4n) is 2.47. The van der Waals surface area contributed by atoms with Crippen LogP contribution in [-0.4, -0.2) is 11.9 Å². The molecule has 27 heavy (non-hydrogen) atoms. The molecule has 0 atom stereocenters. The van der Waals surface area contributed by atoms with E-state index in [4.69, 9.17) is 9.47 Å². The molecular formula is C23H20O4. The maximum absolute atomic E-state index is 12.2. The predicted octanol–water partition coefficient (Wildman–Crippen LogP) is 5.00. The first-order chi connectivity index (χ1) is 13.0. The number of benzene rings is 3. The van der Waals surface area contributed by atoms with Gasteiger partial charge in [-0.15, -0.1) is 0 Å². The number of hydrogen-bond donors (Lipinski definition) is 0. The average Bonchev–Trinajstić information content (AvgIpc) is 2.70. The molecule has 0 aliphatic heterocycles. The molecule has 0 aromatic heterocycles. The number of hydrogen-bond acceptors (Lipinski definition) is 4. The molecular weight excluding hydrogens is 340 g/mol. The van der Waals surface area contributed by atoms with Crippen molar-refractivity contribution in [1.82, 2.24) is 0 Å². The molecule has 0 amide bonds. The Morgan fingerprint density at radius 2 is 1.07 bits per heavy atom. The molecule has 0 aliphatic rings. The summed E-state index contributed by atoms with van der Waals surface area (Å²) in [5, 5.41) is 0. The van der Waals surface area contributed by atoms with Crippen molar-refractivity contribution in [3.63, 3.8) is 0 Å². The molecule has 4 nitrogen and oxygen atoms in total. The summed E-state index contributed by atoms with van der Waals surface area (Å²) >= 11 is 0. The van der Waals surface area contributed by atoms with Gasteiger partial charge < -0.3 is 9.47 Å². The molecule has 0 radical (unpaired) electrons. The summed E-state index contributed by atoms with van der Waals surface area (Å²) < 4.78 is 10.7. The quantitative estimate of drug-likeness (QED) is 0.475. The second kappa shape index (κ2) is 8.32. The van der Waals surface area contributed by atoms with Gasteiger partial charge in [0.2, 0.25) is 0 Å². The summed E-state index contributed by atoms with van der Waals surface area (Å²) in [4.78, 5) is 24.4. The van der Waals surface area contributed by atoms with E-state index in [9.17, 15) is 9.59 Å². The topological polar surface area (TPSA) is 52.6 Å². The Bertz CT molecular complexity index is 924. The highest BCUT2D eigenvalue weighted by Crippen LogP contribution is 2.18. The maximum Gasteiger partial charge on any atom is 0.343 e. The highest BCUT2D eigenvalue weighted by Gasteiger charge is 2.11. The third-order valence-corrected chi connectivity index (χ3v) is 4.13. The van der Waals surface area contributed by atoms with E-state index in [1.54, 1.807) is 48.5 Å². The minimum absolute atomic E-state index is 0.367. The van der Waals surface area contributed by atoms with E-state index in [-0.39, 0.29) is 0 Å². The van der Waals surface area contributed by atoms with Crippen molar-refractivity contribution >= 4 is 11.9 Å². The van der Waals surface area contributed by atoms with Gasteiger partial charge in [-0.25, -0.2) is 9.59 Å². The van der Waals surface area contributed by atoms with Crippen molar-refractivity contribution in [2.24, 2.45) is 0 Å². The van der Waals surface area contributed by atoms with Crippen molar-refractivity contribution in [1.29, 1.82) is 0 Å². The van der Waals surface area contributed by atoms with E-state index in [1.807, 2.05) is 31.2 Å². The zero-order valence-electron chi connectivity index (χ0n) is 15.3. The lowest BCUT2D eigenvalue weighted by molar-refractivity contribution is 0.0730. The van der Waals surface area contributed by atoms with E-state index < -0.39 is 11.9 Å². The van der Waals surface area contributed by atoms with E-state index >= 15 is 0 Å². The number of aryl methyl sites for hydroxylation is 2. The van der Waals surface area contributed by atoms with Crippen molar-refractivity contribution in [3.05, 3.63) is 95.1 Å². The largest absolute Gasteiger partial charge is 0.423 e. The maximum atomic E-state index is 12.2. The average molecular weight is 360 g/mol. The standard InChI is InChI=1S/C23H20O4/c1-3-17-6-8-18(9-7-17)22(24)27-21-14-10-19(11-15-21)23(25)26-20-12-4-16(2)5-13-20/h4-15H,3H2,1-2H3. The van der Waals surface area contributed by atoms with Gasteiger partial charge in [-0.2, -0.15) is 0 Å². The Hall–Kier alpha value is -3.40. The Morgan fingerprint density at radius 1 is 0.667 bits per heavy atom. The van der Waals surface area contributed by atoms with Gasteiger partial charge in [0.15, 0.2) is 0 Å². The molecule has 0 saturated heterocycles. The molecule has 4 heteroatoms. The van der Waals surface area contributed by atoms with Crippen LogP contribution in [0.15, 0.2) is 72.8 Å². The Balaban J connectivity index is 1.62. The van der Waals surface area contributed by atoms with E-state index in [2.05, 4.69) is 6.92 Å². The molecule has 3 aromatic rings. The molecule has 0 fully saturated rings. The van der Waals surface area contributed by atoms with Gasteiger partial charge in [0, 0.05) is 0 Å². The van der Waals surface area contributed by atoms with Crippen LogP contribution in [0.1, 0.15) is 38.8 Å². The van der Waals surface area contributed by atoms with Crippen LogP contribution in [0.25, 0.3) is 0 Å². The molecule has 0 heterocycles. The number of carbonyl (C=O) groups excluding carboxylic acids is 2. The molecule has 0 saturated carbocycles. The fourth-order valence-corrected chi connectivity index (χ4v) is 2.47. The molecule has 0 N–H and O–H groups in total. The summed E-state index contributed by atoms with van der Waals surface area (Å²) in [5.74, 6) is -0.0531. The van der Waals surface area contributed by atoms with Crippen LogP contribution in [0.5, 0.6) is 11.5 Å². The zero-order chi connectivity index (χ0) is 19.2. The molecule has 3 rings (SSSR count). The van der Waals surface area contributed by atoms with Crippen LogP contribution in [0.4, 0.5) is 0 Å². The van der Waals surface area contributed by atoms with Gasteiger partial charge >= 0.3 is 11.9 Å². The van der Waals surface area contributed by atoms with Gasteiger partial charge in [-0.05, 0) is 67.4 Å². The third kappa shape index (κ3) is 4.82. The Labute approximate surface area is 158 Å².